The second-order valence-electron chi connectivity index (χ2n) is 10.2. The zero-order valence-corrected chi connectivity index (χ0v) is 20.3. The van der Waals surface area contributed by atoms with Gasteiger partial charge in [0, 0.05) is 38.1 Å². The van der Waals surface area contributed by atoms with Crippen molar-refractivity contribution < 1.29 is 9.53 Å². The van der Waals surface area contributed by atoms with E-state index < -0.39 is 0 Å². The molecule has 6 nitrogen and oxygen atoms in total. The maximum Gasteiger partial charge on any atom is 0.273 e. The minimum absolute atomic E-state index is 0.0331. The quantitative estimate of drug-likeness (QED) is 0.720. The number of para-hydroxylation sites is 1. The Kier molecular flexibility index (Phi) is 6.88. The Bertz CT molecular complexity index is 949. The highest BCUT2D eigenvalue weighted by Crippen LogP contribution is 2.40. The minimum atomic E-state index is 0.0331. The number of carbonyl (C=O) groups excluding carboxylic acids is 1. The second kappa shape index (κ2) is 10.0. The largest absolute Gasteiger partial charge is 0.492 e. The van der Waals surface area contributed by atoms with E-state index in [2.05, 4.69) is 34.1 Å². The molecule has 1 aromatic heterocycles. The van der Waals surface area contributed by atoms with Crippen LogP contribution in [0.5, 0.6) is 5.75 Å². The SMILES string of the molecule is Nc1nc(C(=O)N2CCC3(CCCCc4ccccc4OCCN(CC4CC4)C3)CC2)cs1. The number of rotatable bonds is 3. The standard InChI is InChI=1S/C26H36N4O2S/c27-25-28-22(18-33-25)24(31)30-13-11-26(12-14-30)10-4-3-6-21-5-1-2-7-23(21)32-16-15-29(19-26)17-20-8-9-20/h1-2,5,7,18,20H,3-4,6,8-17,19H2,(H2,27,28). The van der Waals surface area contributed by atoms with Gasteiger partial charge in [0.2, 0.25) is 0 Å². The van der Waals surface area contributed by atoms with Crippen molar-refractivity contribution in [1.29, 1.82) is 0 Å². The molecule has 3 heterocycles. The van der Waals surface area contributed by atoms with Crippen LogP contribution in [0.2, 0.25) is 0 Å². The maximum atomic E-state index is 12.9. The van der Waals surface area contributed by atoms with Crippen LogP contribution >= 0.6 is 11.3 Å². The number of nitrogen functional groups attached to an aromatic ring is 1. The topological polar surface area (TPSA) is 71.7 Å². The summed E-state index contributed by atoms with van der Waals surface area (Å²) in [5.41, 5.74) is 7.87. The van der Waals surface area contributed by atoms with E-state index in [0.29, 0.717) is 10.8 Å². The van der Waals surface area contributed by atoms with Crippen molar-refractivity contribution in [3.8, 4) is 5.75 Å². The summed E-state index contributed by atoms with van der Waals surface area (Å²) in [6, 6.07) is 8.54. The highest BCUT2D eigenvalue weighted by atomic mass is 32.1. The fraction of sp³-hybridized carbons (Fsp3) is 0.615. The molecule has 2 aromatic rings. The predicted octanol–water partition coefficient (Wildman–Crippen LogP) is 4.47. The molecular formula is C26H36N4O2S. The summed E-state index contributed by atoms with van der Waals surface area (Å²) in [6.45, 7) is 5.66. The summed E-state index contributed by atoms with van der Waals surface area (Å²) < 4.78 is 6.26. The minimum Gasteiger partial charge on any atom is -0.492 e. The molecule has 1 saturated heterocycles. The van der Waals surface area contributed by atoms with Crippen LogP contribution in [0, 0.1) is 11.3 Å². The average Bonchev–Trinajstić information content (AvgIpc) is 3.53. The molecule has 1 spiro atoms. The highest BCUT2D eigenvalue weighted by molar-refractivity contribution is 7.13. The molecule has 0 radical (unpaired) electrons. The molecule has 178 valence electrons. The van der Waals surface area contributed by atoms with Gasteiger partial charge >= 0.3 is 0 Å². The van der Waals surface area contributed by atoms with Gasteiger partial charge in [-0.15, -0.1) is 11.3 Å². The number of benzene rings is 1. The average molecular weight is 469 g/mol. The number of ether oxygens (including phenoxy) is 1. The fourth-order valence-corrected chi connectivity index (χ4v) is 6.08. The van der Waals surface area contributed by atoms with Gasteiger partial charge in [0.1, 0.15) is 18.1 Å². The van der Waals surface area contributed by atoms with Gasteiger partial charge in [0.25, 0.3) is 5.91 Å². The summed E-state index contributed by atoms with van der Waals surface area (Å²) in [6.07, 6.45) is 9.59. The third kappa shape index (κ3) is 5.69. The van der Waals surface area contributed by atoms with Gasteiger partial charge in [-0.3, -0.25) is 9.69 Å². The van der Waals surface area contributed by atoms with E-state index >= 15 is 0 Å². The number of hydrogen-bond donors (Lipinski definition) is 1. The van der Waals surface area contributed by atoms with Gasteiger partial charge in [-0.2, -0.15) is 0 Å². The smallest absolute Gasteiger partial charge is 0.273 e. The van der Waals surface area contributed by atoms with Gasteiger partial charge in [-0.1, -0.05) is 24.6 Å². The third-order valence-corrected chi connectivity index (χ3v) is 8.34. The molecule has 2 aliphatic heterocycles. The number of aromatic nitrogens is 1. The van der Waals surface area contributed by atoms with E-state index in [1.165, 1.54) is 55.5 Å². The normalized spacial score (nSPS) is 22.1. The molecule has 0 bridgehead atoms. The lowest BCUT2D eigenvalue weighted by Gasteiger charge is -2.45. The van der Waals surface area contributed by atoms with Gasteiger partial charge < -0.3 is 15.4 Å². The molecule has 1 saturated carbocycles. The highest BCUT2D eigenvalue weighted by Gasteiger charge is 2.38. The summed E-state index contributed by atoms with van der Waals surface area (Å²) in [4.78, 5) is 21.8. The second-order valence-corrected chi connectivity index (χ2v) is 11.1. The van der Waals surface area contributed by atoms with Crippen LogP contribution in [0.15, 0.2) is 29.6 Å². The summed E-state index contributed by atoms with van der Waals surface area (Å²) in [7, 11) is 0. The van der Waals surface area contributed by atoms with Crippen molar-refractivity contribution in [3.63, 3.8) is 0 Å². The van der Waals surface area contributed by atoms with Crippen molar-refractivity contribution in [2.75, 3.05) is 45.1 Å². The van der Waals surface area contributed by atoms with Gasteiger partial charge in [0.05, 0.1) is 0 Å². The lowest BCUT2D eigenvalue weighted by atomic mass is 9.73. The molecule has 33 heavy (non-hydrogen) atoms. The zero-order chi connectivity index (χ0) is 22.7. The van der Waals surface area contributed by atoms with Crippen LogP contribution in [-0.4, -0.2) is 60.0 Å². The molecule has 2 N–H and O–H groups in total. The van der Waals surface area contributed by atoms with Crippen LogP contribution in [0.3, 0.4) is 0 Å². The van der Waals surface area contributed by atoms with Crippen LogP contribution in [-0.2, 0) is 6.42 Å². The predicted molar refractivity (Wildman–Crippen MR) is 133 cm³/mol. The Morgan fingerprint density at radius 2 is 1.97 bits per heavy atom. The monoisotopic (exact) mass is 468 g/mol. The Labute approximate surface area is 201 Å². The lowest BCUT2D eigenvalue weighted by molar-refractivity contribution is 0.0365. The molecular weight excluding hydrogens is 432 g/mol. The number of amides is 1. The third-order valence-electron chi connectivity index (χ3n) is 7.67. The Morgan fingerprint density at radius 1 is 1.15 bits per heavy atom. The van der Waals surface area contributed by atoms with Crippen LogP contribution in [0.1, 0.15) is 61.0 Å². The summed E-state index contributed by atoms with van der Waals surface area (Å²) in [5, 5.41) is 2.25. The van der Waals surface area contributed by atoms with Crippen molar-refractivity contribution >= 4 is 22.4 Å². The Balaban J connectivity index is 1.28. The number of carbonyl (C=O) groups is 1. The first kappa shape index (κ1) is 22.7. The van der Waals surface area contributed by atoms with E-state index in [4.69, 9.17) is 10.5 Å². The Hall–Kier alpha value is -2.12. The van der Waals surface area contributed by atoms with Gasteiger partial charge in [-0.05, 0) is 67.9 Å². The fourth-order valence-electron chi connectivity index (χ4n) is 5.55. The number of anilines is 1. The van der Waals surface area contributed by atoms with Crippen molar-refractivity contribution in [2.24, 2.45) is 11.3 Å². The number of fused-ring (bicyclic) bond motifs is 1. The van der Waals surface area contributed by atoms with Crippen molar-refractivity contribution in [3.05, 3.63) is 40.9 Å². The lowest BCUT2D eigenvalue weighted by Crippen LogP contribution is -2.49. The summed E-state index contributed by atoms with van der Waals surface area (Å²) >= 11 is 1.34. The van der Waals surface area contributed by atoms with E-state index in [1.54, 1.807) is 5.38 Å². The molecule has 1 aromatic carbocycles. The molecule has 5 rings (SSSR count). The number of thiazole rings is 1. The molecule has 3 aliphatic rings. The number of nitrogens with zero attached hydrogens (tertiary/aromatic N) is 3. The Morgan fingerprint density at radius 3 is 2.73 bits per heavy atom. The van der Waals surface area contributed by atoms with E-state index in [0.717, 1.165) is 63.7 Å². The van der Waals surface area contributed by atoms with Gasteiger partial charge in [-0.25, -0.2) is 4.98 Å². The first-order valence-corrected chi connectivity index (χ1v) is 13.4. The number of hydrogen-bond acceptors (Lipinski definition) is 6. The number of nitrogens with two attached hydrogens (primary N) is 1. The molecule has 7 heteroatoms. The van der Waals surface area contributed by atoms with Crippen molar-refractivity contribution in [2.45, 2.75) is 51.4 Å². The molecule has 1 aliphatic carbocycles. The first-order chi connectivity index (χ1) is 16.1. The first-order valence-electron chi connectivity index (χ1n) is 12.5. The summed E-state index contributed by atoms with van der Waals surface area (Å²) in [5.74, 6) is 1.96. The van der Waals surface area contributed by atoms with Crippen LogP contribution < -0.4 is 10.5 Å². The van der Waals surface area contributed by atoms with Gasteiger partial charge in [0.15, 0.2) is 5.13 Å². The van der Waals surface area contributed by atoms with E-state index in [1.807, 2.05) is 4.90 Å². The molecule has 2 fully saturated rings. The van der Waals surface area contributed by atoms with Crippen LogP contribution in [0.25, 0.3) is 0 Å². The number of aryl methyl sites for hydroxylation is 1. The number of piperidine rings is 1. The van der Waals surface area contributed by atoms with E-state index in [9.17, 15) is 4.79 Å². The zero-order valence-electron chi connectivity index (χ0n) is 19.5. The number of likely N-dealkylation sites (tertiary alicyclic amines) is 1. The maximum absolute atomic E-state index is 12.9. The molecule has 0 atom stereocenters. The van der Waals surface area contributed by atoms with Crippen molar-refractivity contribution in [1.82, 2.24) is 14.8 Å². The van der Waals surface area contributed by atoms with Crippen LogP contribution in [0.4, 0.5) is 5.13 Å². The molecule has 1 amide bonds. The van der Waals surface area contributed by atoms with E-state index in [-0.39, 0.29) is 11.3 Å². The molecule has 0 unspecified atom stereocenters.